The lowest BCUT2D eigenvalue weighted by Gasteiger charge is -2.12. The van der Waals surface area contributed by atoms with Gasteiger partial charge < -0.3 is 0 Å². The Hall–Kier alpha value is -2.22. The number of carbonyl (C=O) groups excluding carboxylic acids is 2. The number of hydrogen-bond donors (Lipinski definition) is 0. The molecule has 0 N–H and O–H groups in total. The van der Waals surface area contributed by atoms with E-state index in [1.165, 1.54) is 18.4 Å². The molecule has 4 rings (SSSR count). The summed E-state index contributed by atoms with van der Waals surface area (Å²) in [5.74, 6) is 2.24. The molecule has 2 heteroatoms. The largest absolute Gasteiger partial charge is 0.364 e. The van der Waals surface area contributed by atoms with Crippen molar-refractivity contribution in [2.45, 2.75) is 38.5 Å². The highest BCUT2D eigenvalue weighted by Gasteiger charge is 2.39. The van der Waals surface area contributed by atoms with E-state index in [4.69, 9.17) is 4.42 Å². The summed E-state index contributed by atoms with van der Waals surface area (Å²) in [6.07, 6.45) is 9.86. The SMILES string of the molecule is C=C1C=C/C(=C2\C=[O+]c3cc(C4C[C@H]4CC)ccc3C2=O)CC1. The minimum Gasteiger partial charge on any atom is -0.288 e. The number of carbonyl (C=O) groups is 1. The molecule has 2 atom stereocenters. The molecule has 2 aliphatic carbocycles. The molecule has 3 aliphatic rings. The molecule has 1 fully saturated rings. The number of hydrogen-bond acceptors (Lipinski definition) is 1. The Morgan fingerprint density at radius 3 is 2.83 bits per heavy atom. The maximum atomic E-state index is 12.8. The van der Waals surface area contributed by atoms with Crippen LogP contribution in [0.1, 0.15) is 54.4 Å². The monoisotopic (exact) mass is 305 g/mol. The minimum absolute atomic E-state index is 0.0767. The fraction of sp³-hybridized carbons (Fsp3) is 0.333. The highest BCUT2D eigenvalue weighted by Crippen LogP contribution is 2.50. The summed E-state index contributed by atoms with van der Waals surface area (Å²) in [7, 11) is 0. The summed E-state index contributed by atoms with van der Waals surface area (Å²) in [5, 5.41) is 0. The molecule has 0 amide bonds. The number of benzene rings is 1. The summed E-state index contributed by atoms with van der Waals surface area (Å²) in [6.45, 7) is 6.20. The number of fused-ring (bicyclic) bond motifs is 1. The van der Waals surface area contributed by atoms with Crippen LogP contribution >= 0.6 is 0 Å². The van der Waals surface area contributed by atoms with Gasteiger partial charge in [-0.15, -0.1) is 0 Å². The molecule has 1 aromatic carbocycles. The predicted molar refractivity (Wildman–Crippen MR) is 92.0 cm³/mol. The highest BCUT2D eigenvalue weighted by atomic mass is 16.4. The van der Waals surface area contributed by atoms with Gasteiger partial charge in [0, 0.05) is 6.07 Å². The average molecular weight is 305 g/mol. The lowest BCUT2D eigenvalue weighted by Crippen LogP contribution is -2.13. The molecule has 0 radical (unpaired) electrons. The number of rotatable bonds is 2. The molecule has 1 saturated carbocycles. The van der Waals surface area contributed by atoms with Crippen LogP contribution in [0, 0.1) is 5.92 Å². The molecular weight excluding hydrogens is 284 g/mol. The normalized spacial score (nSPS) is 28.9. The Morgan fingerprint density at radius 2 is 2.13 bits per heavy atom. The van der Waals surface area contributed by atoms with Gasteiger partial charge in [-0.3, -0.25) is 4.79 Å². The van der Waals surface area contributed by atoms with E-state index in [9.17, 15) is 4.79 Å². The van der Waals surface area contributed by atoms with E-state index in [-0.39, 0.29) is 5.78 Å². The predicted octanol–water partition coefficient (Wildman–Crippen LogP) is 5.05. The van der Waals surface area contributed by atoms with Gasteiger partial charge in [-0.2, -0.15) is 0 Å². The summed E-state index contributed by atoms with van der Waals surface area (Å²) in [5.41, 5.74) is 4.84. The van der Waals surface area contributed by atoms with E-state index in [0.29, 0.717) is 22.8 Å². The molecule has 1 unspecified atom stereocenters. The van der Waals surface area contributed by atoms with Crippen molar-refractivity contribution < 1.29 is 9.22 Å². The molecule has 0 saturated heterocycles. The zero-order valence-electron chi connectivity index (χ0n) is 13.5. The fourth-order valence-corrected chi connectivity index (χ4v) is 3.61. The van der Waals surface area contributed by atoms with Crippen LogP contribution < -0.4 is 0 Å². The Kier molecular flexibility index (Phi) is 3.41. The van der Waals surface area contributed by atoms with E-state index in [0.717, 1.165) is 29.9 Å². The number of Topliss-reactive ketones (excluding diaryl/α,β-unsaturated/α-hetero) is 1. The van der Waals surface area contributed by atoms with Gasteiger partial charge in [-0.05, 0) is 48.3 Å². The van der Waals surface area contributed by atoms with E-state index >= 15 is 0 Å². The van der Waals surface area contributed by atoms with Crippen molar-refractivity contribution in [3.05, 3.63) is 64.8 Å². The van der Waals surface area contributed by atoms with Crippen molar-refractivity contribution in [2.24, 2.45) is 5.92 Å². The second-order valence-corrected chi connectivity index (χ2v) is 6.76. The summed E-state index contributed by atoms with van der Waals surface area (Å²) in [4.78, 5) is 12.8. The third kappa shape index (κ3) is 2.52. The zero-order valence-corrected chi connectivity index (χ0v) is 13.5. The molecule has 0 spiro atoms. The van der Waals surface area contributed by atoms with Crippen molar-refractivity contribution in [3.8, 4) is 5.75 Å². The second-order valence-electron chi connectivity index (χ2n) is 6.76. The topological polar surface area (TPSA) is 28.4 Å². The van der Waals surface area contributed by atoms with Crippen molar-refractivity contribution in [3.63, 3.8) is 0 Å². The number of allylic oxidation sites excluding steroid dienone is 5. The zero-order chi connectivity index (χ0) is 16.0. The van der Waals surface area contributed by atoms with Crippen LogP contribution in [-0.2, 0) is 4.42 Å². The third-order valence-electron chi connectivity index (χ3n) is 5.26. The third-order valence-corrected chi connectivity index (χ3v) is 5.26. The van der Waals surface area contributed by atoms with Crippen molar-refractivity contribution >= 4 is 12.1 Å². The summed E-state index contributed by atoms with van der Waals surface area (Å²) in [6, 6.07) is 6.10. The number of ketones is 1. The van der Waals surface area contributed by atoms with Crippen LogP contribution in [0.2, 0.25) is 0 Å². The quantitative estimate of drug-likeness (QED) is 0.325. The van der Waals surface area contributed by atoms with Crippen LogP contribution in [-0.4, -0.2) is 12.1 Å². The molecule has 0 bridgehead atoms. The Balaban J connectivity index is 1.67. The van der Waals surface area contributed by atoms with Crippen LogP contribution in [0.25, 0.3) is 0 Å². The first-order chi connectivity index (χ1) is 11.2. The first-order valence-electron chi connectivity index (χ1n) is 8.45. The van der Waals surface area contributed by atoms with Crippen LogP contribution in [0.5, 0.6) is 5.75 Å². The molecule has 2 nitrogen and oxygen atoms in total. The maximum absolute atomic E-state index is 12.8. The van der Waals surface area contributed by atoms with Crippen molar-refractivity contribution in [2.75, 3.05) is 0 Å². The van der Waals surface area contributed by atoms with E-state index < -0.39 is 0 Å². The Morgan fingerprint density at radius 1 is 1.26 bits per heavy atom. The van der Waals surface area contributed by atoms with E-state index in [1.807, 2.05) is 18.2 Å². The fourth-order valence-electron chi connectivity index (χ4n) is 3.61. The Labute approximate surface area is 136 Å². The van der Waals surface area contributed by atoms with Gasteiger partial charge in [0.25, 0.3) is 0 Å². The first-order valence-corrected chi connectivity index (χ1v) is 8.45. The maximum Gasteiger partial charge on any atom is 0.364 e. The standard InChI is InChI=1S/C21H21O2/c1-3-14-10-18(14)16-8-9-17-20(11-16)23-12-19(21(17)22)15-6-4-13(2)5-7-15/h4,6,8-9,11-12,14,18H,2-3,5,7,10H2,1H3/q+1/b19-15-/t14-,18?/m1/s1. The van der Waals surface area contributed by atoms with E-state index in [1.54, 1.807) is 6.29 Å². The van der Waals surface area contributed by atoms with Gasteiger partial charge in [0.1, 0.15) is 11.1 Å². The molecule has 116 valence electrons. The second kappa shape index (κ2) is 5.45. The Bertz CT molecular complexity index is 792. The van der Waals surface area contributed by atoms with Crippen molar-refractivity contribution in [1.29, 1.82) is 0 Å². The molecule has 1 aliphatic heterocycles. The lowest BCUT2D eigenvalue weighted by atomic mass is 9.90. The van der Waals surface area contributed by atoms with Crippen LogP contribution in [0.15, 0.2) is 53.6 Å². The molecule has 1 heterocycles. The smallest absolute Gasteiger partial charge is 0.288 e. The lowest BCUT2D eigenvalue weighted by molar-refractivity contribution is -0.360. The van der Waals surface area contributed by atoms with Gasteiger partial charge in [-0.1, -0.05) is 43.7 Å². The first kappa shape index (κ1) is 14.4. The van der Waals surface area contributed by atoms with Gasteiger partial charge in [-0.25, -0.2) is 4.42 Å². The molecule has 0 aromatic heterocycles. The van der Waals surface area contributed by atoms with Crippen molar-refractivity contribution in [1.82, 2.24) is 0 Å². The van der Waals surface area contributed by atoms with Crippen LogP contribution in [0.4, 0.5) is 0 Å². The van der Waals surface area contributed by atoms with Gasteiger partial charge in [0.15, 0.2) is 0 Å². The molecule has 1 aromatic rings. The summed E-state index contributed by atoms with van der Waals surface area (Å²) >= 11 is 0. The summed E-state index contributed by atoms with van der Waals surface area (Å²) < 4.78 is 5.81. The van der Waals surface area contributed by atoms with Gasteiger partial charge >= 0.3 is 12.0 Å². The van der Waals surface area contributed by atoms with Gasteiger partial charge in [0.05, 0.1) is 0 Å². The highest BCUT2D eigenvalue weighted by molar-refractivity contribution is 6.23. The average Bonchev–Trinajstić information content (AvgIpc) is 3.36. The van der Waals surface area contributed by atoms with Gasteiger partial charge in [0.2, 0.25) is 5.78 Å². The molecular formula is C21H21O2+. The molecule has 23 heavy (non-hydrogen) atoms. The minimum atomic E-state index is 0.0767. The van der Waals surface area contributed by atoms with Crippen LogP contribution in [0.3, 0.4) is 0 Å². The number of aldehydes is 1. The van der Waals surface area contributed by atoms with E-state index in [2.05, 4.69) is 25.6 Å².